The molecule has 0 radical (unpaired) electrons. The topological polar surface area (TPSA) is 114 Å². The van der Waals surface area contributed by atoms with Crippen LogP contribution in [0.5, 0.6) is 0 Å². The number of unbranched alkanes of at least 4 members (excludes halogenated alkanes) is 4. The largest absolute Gasteiger partial charge is 0.458 e. The van der Waals surface area contributed by atoms with Gasteiger partial charge in [0, 0.05) is 19.7 Å². The molecule has 0 saturated heterocycles. The van der Waals surface area contributed by atoms with Gasteiger partial charge in [0.05, 0.1) is 0 Å². The van der Waals surface area contributed by atoms with Crippen molar-refractivity contribution in [3.63, 3.8) is 0 Å². The van der Waals surface area contributed by atoms with Crippen LogP contribution in [0.3, 0.4) is 0 Å². The van der Waals surface area contributed by atoms with Crippen molar-refractivity contribution in [3.8, 4) is 0 Å². The fourth-order valence-electron chi connectivity index (χ4n) is 3.11. The molecule has 206 valence electrons. The molecule has 0 spiro atoms. The Labute approximate surface area is 212 Å². The van der Waals surface area contributed by atoms with Gasteiger partial charge in [0.1, 0.15) is 22.8 Å². The van der Waals surface area contributed by atoms with Crippen LogP contribution in [0.25, 0.3) is 0 Å². The van der Waals surface area contributed by atoms with E-state index in [0.29, 0.717) is 32.4 Å². The van der Waals surface area contributed by atoms with Crippen LogP contribution in [0.1, 0.15) is 107 Å². The Hall–Kier alpha value is -2.03. The van der Waals surface area contributed by atoms with Crippen molar-refractivity contribution < 1.29 is 33.7 Å². The van der Waals surface area contributed by atoms with Gasteiger partial charge in [-0.2, -0.15) is 0 Å². The van der Waals surface area contributed by atoms with E-state index in [9.17, 15) is 14.4 Å². The number of aliphatic hydroxyl groups is 1. The smallest absolute Gasteiger partial charge is 0.410 e. The van der Waals surface area contributed by atoms with E-state index in [2.05, 4.69) is 5.32 Å². The van der Waals surface area contributed by atoms with Crippen LogP contribution >= 0.6 is 0 Å². The maximum absolute atomic E-state index is 12.7. The predicted octanol–water partition coefficient (Wildman–Crippen LogP) is 5.18. The molecule has 0 rings (SSSR count). The summed E-state index contributed by atoms with van der Waals surface area (Å²) >= 11 is 0. The molecule has 0 aromatic carbocycles. The minimum Gasteiger partial charge on any atom is -0.458 e. The van der Waals surface area contributed by atoms with E-state index in [0.717, 1.165) is 25.7 Å². The standard InChI is InChI=1S/C26H50N2O7/c1-24(2,3)33-21(30)20(27-22(31)34-25(4,5)6)16-12-14-18-28(17-13-10-11-15-19-29)23(32)35-26(7,8)9/h20,29H,10-19H2,1-9H3,(H,27,31)/t20-/m0/s1. The molecule has 0 aliphatic rings. The minimum absolute atomic E-state index is 0.173. The molecule has 0 fully saturated rings. The lowest BCUT2D eigenvalue weighted by Gasteiger charge is -2.28. The summed E-state index contributed by atoms with van der Waals surface area (Å²) in [5.41, 5.74) is -1.96. The second-order valence-electron chi connectivity index (χ2n) is 11.8. The minimum atomic E-state index is -0.850. The number of carbonyl (C=O) groups is 3. The first kappa shape index (κ1) is 33.0. The van der Waals surface area contributed by atoms with E-state index in [1.54, 1.807) is 46.4 Å². The monoisotopic (exact) mass is 502 g/mol. The van der Waals surface area contributed by atoms with Gasteiger partial charge in [0.25, 0.3) is 0 Å². The number of aliphatic hydroxyl groups excluding tert-OH is 1. The molecule has 2 amide bonds. The fraction of sp³-hybridized carbons (Fsp3) is 0.885. The number of carbonyl (C=O) groups excluding carboxylic acids is 3. The molecular formula is C26H50N2O7. The van der Waals surface area contributed by atoms with Gasteiger partial charge < -0.3 is 29.5 Å². The van der Waals surface area contributed by atoms with Gasteiger partial charge in [-0.1, -0.05) is 12.8 Å². The van der Waals surface area contributed by atoms with Gasteiger partial charge in [-0.25, -0.2) is 14.4 Å². The highest BCUT2D eigenvalue weighted by Gasteiger charge is 2.29. The number of nitrogens with one attached hydrogen (secondary N) is 1. The zero-order chi connectivity index (χ0) is 27.3. The van der Waals surface area contributed by atoms with Crippen molar-refractivity contribution in [2.75, 3.05) is 19.7 Å². The average Bonchev–Trinajstić information content (AvgIpc) is 2.64. The molecule has 0 aliphatic carbocycles. The number of amides is 2. The highest BCUT2D eigenvalue weighted by Crippen LogP contribution is 2.15. The second kappa shape index (κ2) is 15.2. The maximum Gasteiger partial charge on any atom is 0.410 e. The second-order valence-corrected chi connectivity index (χ2v) is 11.8. The Kier molecular flexibility index (Phi) is 14.3. The summed E-state index contributed by atoms with van der Waals surface area (Å²) in [7, 11) is 0. The molecule has 0 unspecified atom stereocenters. The van der Waals surface area contributed by atoms with Crippen molar-refractivity contribution in [1.29, 1.82) is 0 Å². The molecule has 0 saturated carbocycles. The number of hydrogen-bond donors (Lipinski definition) is 2. The summed E-state index contributed by atoms with van der Waals surface area (Å²) in [4.78, 5) is 39.3. The predicted molar refractivity (Wildman–Crippen MR) is 136 cm³/mol. The molecule has 2 N–H and O–H groups in total. The van der Waals surface area contributed by atoms with Crippen LogP contribution in [-0.4, -0.2) is 70.7 Å². The zero-order valence-electron chi connectivity index (χ0n) is 23.5. The number of rotatable bonds is 13. The number of hydrogen-bond acceptors (Lipinski definition) is 7. The van der Waals surface area contributed by atoms with Crippen molar-refractivity contribution in [1.82, 2.24) is 10.2 Å². The molecule has 35 heavy (non-hydrogen) atoms. The van der Waals surface area contributed by atoms with Gasteiger partial charge in [-0.15, -0.1) is 0 Å². The van der Waals surface area contributed by atoms with Crippen LogP contribution < -0.4 is 5.32 Å². The third-order valence-electron chi connectivity index (χ3n) is 4.54. The summed E-state index contributed by atoms with van der Waals surface area (Å²) in [6.07, 6.45) is 3.93. The molecule has 9 heteroatoms. The van der Waals surface area contributed by atoms with Crippen LogP contribution in [0, 0.1) is 0 Å². The Balaban J connectivity index is 5.02. The third-order valence-corrected chi connectivity index (χ3v) is 4.54. The van der Waals surface area contributed by atoms with Crippen LogP contribution in [0.15, 0.2) is 0 Å². The number of ether oxygens (including phenoxy) is 3. The van der Waals surface area contributed by atoms with Crippen LogP contribution in [0.2, 0.25) is 0 Å². The van der Waals surface area contributed by atoms with Gasteiger partial charge >= 0.3 is 18.2 Å². The Morgan fingerprint density at radius 2 is 1.20 bits per heavy atom. The molecule has 1 atom stereocenters. The quantitative estimate of drug-likeness (QED) is 0.202. The Morgan fingerprint density at radius 3 is 1.69 bits per heavy atom. The molecule has 0 bridgehead atoms. The summed E-state index contributed by atoms with van der Waals surface area (Å²) < 4.78 is 16.3. The third kappa shape index (κ3) is 18.9. The van der Waals surface area contributed by atoms with E-state index in [1.165, 1.54) is 0 Å². The maximum atomic E-state index is 12.7. The van der Waals surface area contributed by atoms with Crippen molar-refractivity contribution in [2.24, 2.45) is 0 Å². The summed E-state index contributed by atoms with van der Waals surface area (Å²) in [6, 6.07) is -0.850. The van der Waals surface area contributed by atoms with Gasteiger partial charge in [-0.05, 0) is 94.4 Å². The van der Waals surface area contributed by atoms with E-state index >= 15 is 0 Å². The first-order valence-corrected chi connectivity index (χ1v) is 12.7. The number of esters is 1. The van der Waals surface area contributed by atoms with Crippen molar-refractivity contribution >= 4 is 18.2 Å². The Morgan fingerprint density at radius 1 is 0.714 bits per heavy atom. The molecular weight excluding hydrogens is 452 g/mol. The van der Waals surface area contributed by atoms with Crippen LogP contribution in [0.4, 0.5) is 9.59 Å². The lowest BCUT2D eigenvalue weighted by atomic mass is 10.1. The van der Waals surface area contributed by atoms with Crippen molar-refractivity contribution in [2.45, 2.75) is 130 Å². The molecule has 0 aromatic rings. The van der Waals surface area contributed by atoms with E-state index in [4.69, 9.17) is 19.3 Å². The number of alkyl carbamates (subject to hydrolysis) is 1. The fourth-order valence-corrected chi connectivity index (χ4v) is 3.11. The lowest BCUT2D eigenvalue weighted by Crippen LogP contribution is -2.46. The van der Waals surface area contributed by atoms with E-state index in [1.807, 2.05) is 20.8 Å². The normalized spacial score (nSPS) is 13.1. The van der Waals surface area contributed by atoms with Gasteiger partial charge in [0.2, 0.25) is 0 Å². The van der Waals surface area contributed by atoms with E-state index in [-0.39, 0.29) is 12.7 Å². The highest BCUT2D eigenvalue weighted by atomic mass is 16.6. The summed E-state index contributed by atoms with van der Waals surface area (Å²) in [5.74, 6) is -0.517. The number of nitrogens with zero attached hydrogens (tertiary/aromatic N) is 1. The molecule has 0 aliphatic heterocycles. The van der Waals surface area contributed by atoms with E-state index < -0.39 is 34.9 Å². The zero-order valence-corrected chi connectivity index (χ0v) is 23.5. The summed E-state index contributed by atoms with van der Waals surface area (Å²) in [6.45, 7) is 17.3. The summed E-state index contributed by atoms with van der Waals surface area (Å²) in [5, 5.41) is 11.6. The first-order chi connectivity index (χ1) is 15.9. The van der Waals surface area contributed by atoms with Gasteiger partial charge in [0.15, 0.2) is 0 Å². The lowest BCUT2D eigenvalue weighted by molar-refractivity contribution is -0.157. The average molecular weight is 503 g/mol. The first-order valence-electron chi connectivity index (χ1n) is 12.7. The molecule has 9 nitrogen and oxygen atoms in total. The van der Waals surface area contributed by atoms with Crippen LogP contribution in [-0.2, 0) is 19.0 Å². The van der Waals surface area contributed by atoms with Gasteiger partial charge in [-0.3, -0.25) is 0 Å². The Bertz CT molecular complexity index is 646. The highest BCUT2D eigenvalue weighted by molar-refractivity contribution is 5.81. The molecule has 0 heterocycles. The van der Waals surface area contributed by atoms with Crippen molar-refractivity contribution in [3.05, 3.63) is 0 Å². The SMILES string of the molecule is CC(C)(C)OC(=O)N[C@@H](CCCCN(CCCCCCO)C(=O)OC(C)(C)C)C(=O)OC(C)(C)C. The molecule has 0 aromatic heterocycles.